The van der Waals surface area contributed by atoms with E-state index in [1.807, 2.05) is 12.2 Å². The van der Waals surface area contributed by atoms with Gasteiger partial charge < -0.3 is 5.11 Å². The van der Waals surface area contributed by atoms with Crippen molar-refractivity contribution in [3.8, 4) is 0 Å². The van der Waals surface area contributed by atoms with Crippen LogP contribution >= 0.6 is 0 Å². The summed E-state index contributed by atoms with van der Waals surface area (Å²) in [6, 6.07) is 6.39. The van der Waals surface area contributed by atoms with Gasteiger partial charge in [-0.1, -0.05) is 37.1 Å². The second kappa shape index (κ2) is 6.61. The van der Waals surface area contributed by atoms with Crippen LogP contribution < -0.4 is 0 Å². The predicted molar refractivity (Wildman–Crippen MR) is 83.9 cm³/mol. The van der Waals surface area contributed by atoms with Gasteiger partial charge in [-0.2, -0.15) is 0 Å². The number of carboxylic acids is 1. The largest absolute Gasteiger partial charge is 0.480 e. The first-order chi connectivity index (χ1) is 10.6. The van der Waals surface area contributed by atoms with Crippen molar-refractivity contribution in [1.29, 1.82) is 0 Å². The quantitative estimate of drug-likeness (QED) is 0.924. The fourth-order valence-electron chi connectivity index (χ4n) is 3.94. The van der Waals surface area contributed by atoms with Gasteiger partial charge in [0.05, 0.1) is 0 Å². The van der Waals surface area contributed by atoms with Crippen molar-refractivity contribution in [2.45, 2.75) is 44.2 Å². The van der Waals surface area contributed by atoms with Gasteiger partial charge >= 0.3 is 5.97 Å². The number of aliphatic carboxylic acids is 1. The van der Waals surface area contributed by atoms with Crippen molar-refractivity contribution in [3.05, 3.63) is 41.7 Å². The molecule has 1 aliphatic heterocycles. The minimum atomic E-state index is -0.704. The van der Waals surface area contributed by atoms with E-state index in [4.69, 9.17) is 0 Å². The third kappa shape index (κ3) is 3.22. The zero-order chi connectivity index (χ0) is 15.5. The first kappa shape index (κ1) is 15.2. The fourth-order valence-corrected chi connectivity index (χ4v) is 3.94. The Bertz CT molecular complexity index is 555. The normalized spacial score (nSPS) is 28.9. The molecule has 1 saturated carbocycles. The van der Waals surface area contributed by atoms with Crippen LogP contribution in [0.15, 0.2) is 30.3 Å². The van der Waals surface area contributed by atoms with E-state index in [1.165, 1.54) is 25.0 Å². The van der Waals surface area contributed by atoms with Crippen LogP contribution in [0.4, 0.5) is 4.39 Å². The molecule has 1 aromatic rings. The van der Waals surface area contributed by atoms with E-state index in [0.717, 1.165) is 24.8 Å². The first-order valence-electron chi connectivity index (χ1n) is 8.06. The molecular formula is C18H22FNO2. The van der Waals surface area contributed by atoms with Crippen LogP contribution in [0.25, 0.3) is 6.08 Å². The third-order valence-electron chi connectivity index (χ3n) is 5.00. The molecule has 0 bridgehead atoms. The number of carbonyl (C=O) groups is 1. The summed E-state index contributed by atoms with van der Waals surface area (Å²) in [7, 11) is 0. The number of fused-ring (bicyclic) bond motifs is 1. The van der Waals surface area contributed by atoms with E-state index in [1.54, 1.807) is 12.1 Å². The van der Waals surface area contributed by atoms with Crippen LogP contribution in [0.5, 0.6) is 0 Å². The standard InChI is InChI=1S/C18H22FNO2/c19-15-9-7-13(8-10-15)4-3-11-20-16-6-2-1-5-14(16)12-17(20)18(21)22/h3-4,7-10,14,16-17H,1-2,5-6,11-12H2,(H,21,22)/b4-3+. The molecule has 3 rings (SSSR count). The van der Waals surface area contributed by atoms with Gasteiger partial charge in [0.1, 0.15) is 11.9 Å². The summed E-state index contributed by atoms with van der Waals surface area (Å²) < 4.78 is 12.9. The Hall–Kier alpha value is -1.68. The second-order valence-electron chi connectivity index (χ2n) is 6.35. The highest BCUT2D eigenvalue weighted by Gasteiger charge is 2.44. The molecule has 0 radical (unpaired) electrons. The number of hydrogen-bond acceptors (Lipinski definition) is 2. The molecule has 1 N–H and O–H groups in total. The lowest BCUT2D eigenvalue weighted by atomic mass is 9.85. The van der Waals surface area contributed by atoms with Gasteiger partial charge in [-0.25, -0.2) is 4.39 Å². The number of carboxylic acid groups (broad SMARTS) is 1. The summed E-state index contributed by atoms with van der Waals surface area (Å²) in [6.45, 7) is 0.648. The highest BCUT2D eigenvalue weighted by molar-refractivity contribution is 5.74. The van der Waals surface area contributed by atoms with E-state index in [2.05, 4.69) is 4.90 Å². The Kier molecular flexibility index (Phi) is 4.57. The first-order valence-corrected chi connectivity index (χ1v) is 8.06. The van der Waals surface area contributed by atoms with Crippen molar-refractivity contribution >= 4 is 12.0 Å². The van der Waals surface area contributed by atoms with Gasteiger partial charge in [0, 0.05) is 12.6 Å². The maximum Gasteiger partial charge on any atom is 0.320 e. The lowest BCUT2D eigenvalue weighted by Gasteiger charge is -2.32. The molecule has 3 atom stereocenters. The van der Waals surface area contributed by atoms with E-state index in [9.17, 15) is 14.3 Å². The molecule has 118 valence electrons. The van der Waals surface area contributed by atoms with Crippen LogP contribution in [0, 0.1) is 11.7 Å². The van der Waals surface area contributed by atoms with Gasteiger partial charge in [0.15, 0.2) is 0 Å². The molecule has 1 aliphatic carbocycles. The minimum Gasteiger partial charge on any atom is -0.480 e. The van der Waals surface area contributed by atoms with Crippen LogP contribution in [0.2, 0.25) is 0 Å². The Morgan fingerprint density at radius 1 is 1.27 bits per heavy atom. The molecule has 4 heteroatoms. The Balaban J connectivity index is 1.68. The molecule has 0 aromatic heterocycles. The second-order valence-corrected chi connectivity index (χ2v) is 6.35. The highest BCUT2D eigenvalue weighted by atomic mass is 19.1. The third-order valence-corrected chi connectivity index (χ3v) is 5.00. The van der Waals surface area contributed by atoms with Gasteiger partial charge in [0.25, 0.3) is 0 Å². The Morgan fingerprint density at radius 2 is 2.00 bits per heavy atom. The molecule has 3 unspecified atom stereocenters. The molecule has 0 amide bonds. The van der Waals surface area contributed by atoms with Crippen LogP contribution in [0.1, 0.15) is 37.7 Å². The zero-order valence-corrected chi connectivity index (χ0v) is 12.6. The van der Waals surface area contributed by atoms with E-state index in [0.29, 0.717) is 18.5 Å². The fraction of sp³-hybridized carbons (Fsp3) is 0.500. The zero-order valence-electron chi connectivity index (χ0n) is 12.6. The van der Waals surface area contributed by atoms with E-state index < -0.39 is 5.97 Å². The lowest BCUT2D eigenvalue weighted by molar-refractivity contribution is -0.142. The topological polar surface area (TPSA) is 40.5 Å². The average Bonchev–Trinajstić information content (AvgIpc) is 2.89. The van der Waals surface area contributed by atoms with Crippen LogP contribution in [-0.2, 0) is 4.79 Å². The number of benzene rings is 1. The molecule has 3 nitrogen and oxygen atoms in total. The number of halogens is 1. The minimum absolute atomic E-state index is 0.243. The molecule has 1 aromatic carbocycles. The number of likely N-dealkylation sites (tertiary alicyclic amines) is 1. The SMILES string of the molecule is O=C(O)C1CC2CCCCC2N1C/C=C/c1ccc(F)cc1. The molecule has 1 heterocycles. The van der Waals surface area contributed by atoms with E-state index >= 15 is 0 Å². The predicted octanol–water partition coefficient (Wildman–Crippen LogP) is 3.56. The Morgan fingerprint density at radius 3 is 2.73 bits per heavy atom. The van der Waals surface area contributed by atoms with Crippen molar-refractivity contribution in [2.24, 2.45) is 5.92 Å². The van der Waals surface area contributed by atoms with Crippen LogP contribution in [0.3, 0.4) is 0 Å². The number of nitrogens with zero attached hydrogens (tertiary/aromatic N) is 1. The summed E-state index contributed by atoms with van der Waals surface area (Å²) in [5, 5.41) is 9.47. The van der Waals surface area contributed by atoms with Crippen molar-refractivity contribution in [2.75, 3.05) is 6.54 Å². The number of rotatable bonds is 4. The maximum atomic E-state index is 12.9. The molecule has 2 aliphatic rings. The molecule has 22 heavy (non-hydrogen) atoms. The monoisotopic (exact) mass is 303 g/mol. The molecule has 2 fully saturated rings. The summed E-state index contributed by atoms with van der Waals surface area (Å²) in [5.74, 6) is -0.411. The van der Waals surface area contributed by atoms with Gasteiger partial charge in [-0.05, 0) is 42.9 Å². The van der Waals surface area contributed by atoms with Crippen LogP contribution in [-0.4, -0.2) is 34.6 Å². The maximum absolute atomic E-state index is 12.9. The summed E-state index contributed by atoms with van der Waals surface area (Å²) in [6.07, 6.45) is 9.42. The Labute approximate surface area is 130 Å². The van der Waals surface area contributed by atoms with Gasteiger partial charge in [0.2, 0.25) is 0 Å². The number of hydrogen-bond donors (Lipinski definition) is 1. The smallest absolute Gasteiger partial charge is 0.320 e. The van der Waals surface area contributed by atoms with E-state index in [-0.39, 0.29) is 11.9 Å². The average molecular weight is 303 g/mol. The van der Waals surface area contributed by atoms with Crippen molar-refractivity contribution in [3.63, 3.8) is 0 Å². The van der Waals surface area contributed by atoms with Crippen molar-refractivity contribution < 1.29 is 14.3 Å². The summed E-state index contributed by atoms with van der Waals surface area (Å²) in [5.41, 5.74) is 0.938. The highest BCUT2D eigenvalue weighted by Crippen LogP contribution is 2.39. The summed E-state index contributed by atoms with van der Waals surface area (Å²) in [4.78, 5) is 13.7. The van der Waals surface area contributed by atoms with Gasteiger partial charge in [-0.3, -0.25) is 9.69 Å². The summed E-state index contributed by atoms with van der Waals surface area (Å²) >= 11 is 0. The molecule has 1 saturated heterocycles. The lowest BCUT2D eigenvalue weighted by Crippen LogP contribution is -2.42. The van der Waals surface area contributed by atoms with Gasteiger partial charge in [-0.15, -0.1) is 0 Å². The van der Waals surface area contributed by atoms with Crippen molar-refractivity contribution in [1.82, 2.24) is 4.90 Å². The molecule has 0 spiro atoms. The molecular weight excluding hydrogens is 281 g/mol.